The predicted molar refractivity (Wildman–Crippen MR) is 74.8 cm³/mol. The molecule has 0 spiro atoms. The molecule has 0 saturated heterocycles. The summed E-state index contributed by atoms with van der Waals surface area (Å²) in [5.74, 6) is 0.208. The summed E-state index contributed by atoms with van der Waals surface area (Å²) >= 11 is 0. The third-order valence-electron chi connectivity index (χ3n) is 3.40. The van der Waals surface area contributed by atoms with Crippen LogP contribution in [0.4, 0.5) is 0 Å². The molecule has 0 aliphatic rings. The minimum absolute atomic E-state index is 0.0498. The average Bonchev–Trinajstić information content (AvgIpc) is 2.64. The van der Waals surface area contributed by atoms with Crippen LogP contribution in [0.2, 0.25) is 0 Å². The van der Waals surface area contributed by atoms with Crippen LogP contribution in [-0.4, -0.2) is 15.4 Å². The van der Waals surface area contributed by atoms with E-state index in [1.165, 1.54) is 0 Å². The lowest BCUT2D eigenvalue weighted by atomic mass is 9.98. The van der Waals surface area contributed by atoms with Crippen LogP contribution in [0.25, 0.3) is 5.69 Å². The minimum atomic E-state index is -0.0498. The van der Waals surface area contributed by atoms with Gasteiger partial charge in [-0.1, -0.05) is 19.1 Å². The molecule has 0 aliphatic carbocycles. The molecule has 2 aromatic rings. The number of aldehydes is 1. The van der Waals surface area contributed by atoms with Crippen LogP contribution in [0.5, 0.6) is 0 Å². The van der Waals surface area contributed by atoms with Crippen LogP contribution in [0.3, 0.4) is 0 Å². The molecule has 0 radical (unpaired) electrons. The molecule has 1 atom stereocenters. The zero-order valence-corrected chi connectivity index (χ0v) is 11.5. The summed E-state index contributed by atoms with van der Waals surface area (Å²) in [6.07, 6.45) is 3.26. The van der Waals surface area contributed by atoms with E-state index in [9.17, 15) is 9.59 Å². The predicted octanol–water partition coefficient (Wildman–Crippen LogP) is 2.18. The van der Waals surface area contributed by atoms with Gasteiger partial charge in [-0.3, -0.25) is 4.57 Å². The second-order valence-electron chi connectivity index (χ2n) is 4.89. The molecular weight excluding hydrogens is 240 g/mol. The van der Waals surface area contributed by atoms with Crippen LogP contribution in [0.1, 0.15) is 30.5 Å². The van der Waals surface area contributed by atoms with E-state index in [-0.39, 0.29) is 11.6 Å². The number of aryl methyl sites for hydroxylation is 2. The van der Waals surface area contributed by atoms with Crippen molar-refractivity contribution in [3.8, 4) is 5.69 Å². The Bertz CT molecular complexity index is 635. The van der Waals surface area contributed by atoms with Crippen molar-refractivity contribution in [3.05, 3.63) is 52.2 Å². The van der Waals surface area contributed by atoms with E-state index in [4.69, 9.17) is 0 Å². The van der Waals surface area contributed by atoms with Crippen molar-refractivity contribution in [1.29, 1.82) is 0 Å². The number of hydrogen-bond acceptors (Lipinski definition) is 2. The van der Waals surface area contributed by atoms with Crippen LogP contribution < -0.4 is 5.69 Å². The van der Waals surface area contributed by atoms with Crippen LogP contribution >= 0.6 is 0 Å². The molecule has 1 aromatic heterocycles. The minimum Gasteiger partial charge on any atom is -0.303 e. The molecule has 2 rings (SSSR count). The van der Waals surface area contributed by atoms with Gasteiger partial charge in [-0.15, -0.1) is 0 Å². The fraction of sp³-hybridized carbons (Fsp3) is 0.333. The standard InChI is InChI=1S/C15H18N2O2/c1-11(8-9-18)13-4-6-14(7-5-13)17-12(2)10-16(3)15(17)19/h4-7,9-11H,8H2,1-3H3. The Morgan fingerprint density at radius 1 is 1.26 bits per heavy atom. The number of carbonyl (C=O) groups is 1. The molecule has 0 saturated carbocycles. The smallest absolute Gasteiger partial charge is 0.303 e. The topological polar surface area (TPSA) is 44.0 Å². The van der Waals surface area contributed by atoms with Gasteiger partial charge >= 0.3 is 5.69 Å². The van der Waals surface area contributed by atoms with Gasteiger partial charge in [-0.2, -0.15) is 0 Å². The molecule has 0 N–H and O–H groups in total. The van der Waals surface area contributed by atoms with Crippen molar-refractivity contribution in [2.24, 2.45) is 7.05 Å². The van der Waals surface area contributed by atoms with Crippen molar-refractivity contribution in [3.63, 3.8) is 0 Å². The van der Waals surface area contributed by atoms with Gasteiger partial charge in [0.2, 0.25) is 0 Å². The quantitative estimate of drug-likeness (QED) is 0.789. The van der Waals surface area contributed by atoms with E-state index < -0.39 is 0 Å². The van der Waals surface area contributed by atoms with Crippen LogP contribution in [0, 0.1) is 6.92 Å². The maximum atomic E-state index is 12.0. The summed E-state index contributed by atoms with van der Waals surface area (Å²) in [5.41, 5.74) is 2.81. The third kappa shape index (κ3) is 2.52. The van der Waals surface area contributed by atoms with Crippen molar-refractivity contribution in [1.82, 2.24) is 9.13 Å². The Hall–Kier alpha value is -2.10. The summed E-state index contributed by atoms with van der Waals surface area (Å²) in [7, 11) is 1.74. The largest absolute Gasteiger partial charge is 0.332 e. The highest BCUT2D eigenvalue weighted by Crippen LogP contribution is 2.19. The second kappa shape index (κ2) is 5.26. The normalized spacial score (nSPS) is 12.4. The molecule has 100 valence electrons. The summed E-state index contributed by atoms with van der Waals surface area (Å²) in [4.78, 5) is 22.5. The number of imidazole rings is 1. The lowest BCUT2D eigenvalue weighted by molar-refractivity contribution is -0.108. The fourth-order valence-corrected chi connectivity index (χ4v) is 2.25. The number of aromatic nitrogens is 2. The average molecular weight is 258 g/mol. The van der Waals surface area contributed by atoms with Crippen molar-refractivity contribution < 1.29 is 4.79 Å². The van der Waals surface area contributed by atoms with E-state index in [0.717, 1.165) is 23.2 Å². The summed E-state index contributed by atoms with van der Waals surface area (Å²) in [6, 6.07) is 7.79. The molecule has 4 nitrogen and oxygen atoms in total. The summed E-state index contributed by atoms with van der Waals surface area (Å²) in [6.45, 7) is 3.92. The molecule has 0 bridgehead atoms. The summed E-state index contributed by atoms with van der Waals surface area (Å²) in [5, 5.41) is 0. The fourth-order valence-electron chi connectivity index (χ4n) is 2.25. The van der Waals surface area contributed by atoms with Gasteiger partial charge in [0.05, 0.1) is 5.69 Å². The van der Waals surface area contributed by atoms with E-state index in [1.54, 1.807) is 16.2 Å². The first-order valence-electron chi connectivity index (χ1n) is 6.33. The number of rotatable bonds is 4. The lowest BCUT2D eigenvalue weighted by Gasteiger charge is -2.10. The van der Waals surface area contributed by atoms with Crippen molar-refractivity contribution in [2.45, 2.75) is 26.2 Å². The van der Waals surface area contributed by atoms with E-state index in [1.807, 2.05) is 44.3 Å². The number of carbonyl (C=O) groups excluding carboxylic acids is 1. The van der Waals surface area contributed by atoms with Crippen molar-refractivity contribution >= 4 is 6.29 Å². The molecule has 0 amide bonds. The Morgan fingerprint density at radius 2 is 1.89 bits per heavy atom. The molecule has 1 heterocycles. The highest BCUT2D eigenvalue weighted by atomic mass is 16.1. The van der Waals surface area contributed by atoms with Gasteiger partial charge in [-0.05, 0) is 30.5 Å². The van der Waals surface area contributed by atoms with E-state index in [0.29, 0.717) is 6.42 Å². The summed E-state index contributed by atoms with van der Waals surface area (Å²) < 4.78 is 3.24. The Morgan fingerprint density at radius 3 is 2.37 bits per heavy atom. The van der Waals surface area contributed by atoms with E-state index >= 15 is 0 Å². The Balaban J connectivity index is 2.38. The Labute approximate surface area is 112 Å². The van der Waals surface area contributed by atoms with Crippen molar-refractivity contribution in [2.75, 3.05) is 0 Å². The highest BCUT2D eigenvalue weighted by Gasteiger charge is 2.09. The lowest BCUT2D eigenvalue weighted by Crippen LogP contribution is -2.21. The maximum Gasteiger partial charge on any atom is 0.332 e. The van der Waals surface area contributed by atoms with Gasteiger partial charge in [0.1, 0.15) is 6.29 Å². The Kier molecular flexibility index (Phi) is 3.69. The molecule has 4 heteroatoms. The van der Waals surface area contributed by atoms with Gasteiger partial charge in [-0.25, -0.2) is 4.79 Å². The molecule has 0 fully saturated rings. The highest BCUT2D eigenvalue weighted by molar-refractivity contribution is 5.51. The second-order valence-corrected chi connectivity index (χ2v) is 4.89. The molecule has 0 aliphatic heterocycles. The maximum absolute atomic E-state index is 12.0. The van der Waals surface area contributed by atoms with Gasteiger partial charge < -0.3 is 9.36 Å². The zero-order valence-electron chi connectivity index (χ0n) is 11.5. The molecule has 19 heavy (non-hydrogen) atoms. The first-order valence-corrected chi connectivity index (χ1v) is 6.33. The molecule has 1 aromatic carbocycles. The first-order chi connectivity index (χ1) is 9.04. The van der Waals surface area contributed by atoms with Gasteiger partial charge in [0.15, 0.2) is 0 Å². The number of nitrogens with zero attached hydrogens (tertiary/aromatic N) is 2. The molecule has 1 unspecified atom stereocenters. The van der Waals surface area contributed by atoms with Gasteiger partial charge in [0, 0.05) is 25.4 Å². The SMILES string of the molecule is Cc1cn(C)c(=O)n1-c1ccc(C(C)CC=O)cc1. The number of benzene rings is 1. The third-order valence-corrected chi connectivity index (χ3v) is 3.40. The number of hydrogen-bond donors (Lipinski definition) is 0. The van der Waals surface area contributed by atoms with Crippen LogP contribution in [0.15, 0.2) is 35.3 Å². The first kappa shape index (κ1) is 13.3. The van der Waals surface area contributed by atoms with Gasteiger partial charge in [0.25, 0.3) is 0 Å². The van der Waals surface area contributed by atoms with Crippen LogP contribution in [-0.2, 0) is 11.8 Å². The molecular formula is C15H18N2O2. The monoisotopic (exact) mass is 258 g/mol. The van der Waals surface area contributed by atoms with E-state index in [2.05, 4.69) is 0 Å². The zero-order chi connectivity index (χ0) is 14.0.